The van der Waals surface area contributed by atoms with E-state index in [1.807, 2.05) is 24.3 Å². The molecule has 2 heterocycles. The van der Waals surface area contributed by atoms with Crippen molar-refractivity contribution in [3.63, 3.8) is 0 Å². The molecule has 0 spiro atoms. The minimum Gasteiger partial charge on any atom is -0.369 e. The van der Waals surface area contributed by atoms with Crippen LogP contribution in [-0.4, -0.2) is 56.6 Å². The molecule has 1 aromatic carbocycles. The molecule has 2 aliphatic heterocycles. The summed E-state index contributed by atoms with van der Waals surface area (Å²) < 4.78 is 0. The third-order valence-corrected chi connectivity index (χ3v) is 4.95. The minimum atomic E-state index is -0.366. The summed E-state index contributed by atoms with van der Waals surface area (Å²) in [6.07, 6.45) is 1.28. The van der Waals surface area contributed by atoms with Crippen LogP contribution in [0.2, 0.25) is 0 Å². The van der Waals surface area contributed by atoms with Gasteiger partial charge in [0.25, 0.3) is 0 Å². The number of anilines is 1. The van der Waals surface area contributed by atoms with Crippen LogP contribution in [0.1, 0.15) is 23.7 Å². The SMILES string of the molecule is CC1(CN2CCN(c3ccc(C(N)=O)cc3)CC2)CCNC1.Cl. The number of carbonyl (C=O) groups excluding carboxylic acids is 1. The molecule has 2 saturated heterocycles. The van der Waals surface area contributed by atoms with Gasteiger partial charge in [-0.05, 0) is 42.6 Å². The molecule has 0 saturated carbocycles. The van der Waals surface area contributed by atoms with E-state index in [2.05, 4.69) is 22.0 Å². The van der Waals surface area contributed by atoms with Crippen LogP contribution in [0, 0.1) is 5.41 Å². The van der Waals surface area contributed by atoms with Crippen molar-refractivity contribution in [1.82, 2.24) is 10.2 Å². The van der Waals surface area contributed by atoms with E-state index in [1.165, 1.54) is 18.7 Å². The van der Waals surface area contributed by atoms with Gasteiger partial charge in [0.15, 0.2) is 0 Å². The molecule has 23 heavy (non-hydrogen) atoms. The average molecular weight is 339 g/mol. The number of carbonyl (C=O) groups is 1. The number of primary amides is 1. The normalized spacial score (nSPS) is 25.2. The van der Waals surface area contributed by atoms with Crippen molar-refractivity contribution in [3.05, 3.63) is 29.8 Å². The zero-order valence-corrected chi connectivity index (χ0v) is 14.6. The second-order valence-electron chi connectivity index (χ2n) is 6.91. The van der Waals surface area contributed by atoms with Crippen LogP contribution in [0.25, 0.3) is 0 Å². The van der Waals surface area contributed by atoms with E-state index in [1.54, 1.807) is 0 Å². The number of hydrogen-bond donors (Lipinski definition) is 2. The van der Waals surface area contributed by atoms with Gasteiger partial charge in [-0.2, -0.15) is 0 Å². The highest BCUT2D eigenvalue weighted by Gasteiger charge is 2.31. The Kier molecular flexibility index (Phi) is 5.89. The second-order valence-corrected chi connectivity index (χ2v) is 6.91. The lowest BCUT2D eigenvalue weighted by molar-refractivity contribution is 0.100. The third-order valence-electron chi connectivity index (χ3n) is 4.95. The van der Waals surface area contributed by atoms with Gasteiger partial charge in [-0.1, -0.05) is 6.92 Å². The molecule has 3 N–H and O–H groups in total. The van der Waals surface area contributed by atoms with E-state index in [-0.39, 0.29) is 18.3 Å². The number of rotatable bonds is 4. The molecule has 1 unspecified atom stereocenters. The largest absolute Gasteiger partial charge is 0.369 e. The number of amides is 1. The molecular formula is C17H27ClN4O. The molecule has 0 aromatic heterocycles. The Morgan fingerprint density at radius 2 is 1.87 bits per heavy atom. The molecular weight excluding hydrogens is 312 g/mol. The molecule has 2 fully saturated rings. The first kappa shape index (κ1) is 18.0. The molecule has 3 rings (SSSR count). The number of hydrogen-bond acceptors (Lipinski definition) is 4. The first-order chi connectivity index (χ1) is 10.6. The van der Waals surface area contributed by atoms with Crippen LogP contribution in [0.15, 0.2) is 24.3 Å². The monoisotopic (exact) mass is 338 g/mol. The highest BCUT2D eigenvalue weighted by Crippen LogP contribution is 2.26. The Morgan fingerprint density at radius 3 is 2.39 bits per heavy atom. The summed E-state index contributed by atoms with van der Waals surface area (Å²) in [7, 11) is 0. The number of nitrogens with two attached hydrogens (primary N) is 1. The Balaban J connectivity index is 0.00000192. The molecule has 1 aromatic rings. The lowest BCUT2D eigenvalue weighted by Gasteiger charge is -2.39. The fraction of sp³-hybridized carbons (Fsp3) is 0.588. The Hall–Kier alpha value is -1.30. The zero-order chi connectivity index (χ0) is 15.6. The van der Waals surface area contributed by atoms with E-state index in [0.29, 0.717) is 11.0 Å². The lowest BCUT2D eigenvalue weighted by atomic mass is 9.89. The maximum atomic E-state index is 11.1. The van der Waals surface area contributed by atoms with Gasteiger partial charge < -0.3 is 16.0 Å². The summed E-state index contributed by atoms with van der Waals surface area (Å²) >= 11 is 0. The number of halogens is 1. The minimum absolute atomic E-state index is 0. The molecule has 0 radical (unpaired) electrons. The third kappa shape index (κ3) is 4.37. The van der Waals surface area contributed by atoms with Gasteiger partial charge in [-0.25, -0.2) is 0 Å². The Morgan fingerprint density at radius 1 is 1.22 bits per heavy atom. The summed E-state index contributed by atoms with van der Waals surface area (Å²) in [6.45, 7) is 10.2. The van der Waals surface area contributed by atoms with Crippen LogP contribution < -0.4 is 16.0 Å². The summed E-state index contributed by atoms with van der Waals surface area (Å²) in [4.78, 5) is 16.1. The molecule has 1 atom stereocenters. The maximum Gasteiger partial charge on any atom is 0.248 e. The van der Waals surface area contributed by atoms with Gasteiger partial charge in [-0.3, -0.25) is 9.69 Å². The Labute approximate surface area is 144 Å². The summed E-state index contributed by atoms with van der Waals surface area (Å²) in [5.74, 6) is -0.366. The van der Waals surface area contributed by atoms with Crippen LogP contribution in [-0.2, 0) is 0 Å². The van der Waals surface area contributed by atoms with E-state index < -0.39 is 0 Å². The molecule has 2 aliphatic rings. The van der Waals surface area contributed by atoms with Gasteiger partial charge in [0, 0.05) is 50.5 Å². The topological polar surface area (TPSA) is 61.6 Å². The molecule has 128 valence electrons. The molecule has 0 aliphatic carbocycles. The Bertz CT molecular complexity index is 520. The van der Waals surface area contributed by atoms with Crippen molar-refractivity contribution in [3.8, 4) is 0 Å². The summed E-state index contributed by atoms with van der Waals surface area (Å²) in [5, 5.41) is 3.48. The average Bonchev–Trinajstić information content (AvgIpc) is 2.94. The fourth-order valence-electron chi connectivity index (χ4n) is 3.54. The van der Waals surface area contributed by atoms with Gasteiger partial charge in [0.05, 0.1) is 0 Å². The fourth-order valence-corrected chi connectivity index (χ4v) is 3.54. The van der Waals surface area contributed by atoms with Gasteiger partial charge in [0.2, 0.25) is 5.91 Å². The van der Waals surface area contributed by atoms with Gasteiger partial charge in [0.1, 0.15) is 0 Å². The quantitative estimate of drug-likeness (QED) is 0.869. The first-order valence-electron chi connectivity index (χ1n) is 8.14. The van der Waals surface area contributed by atoms with Crippen LogP contribution in [0.4, 0.5) is 5.69 Å². The number of nitrogens with one attached hydrogen (secondary N) is 1. The molecule has 1 amide bonds. The predicted molar refractivity (Wildman–Crippen MR) is 96.5 cm³/mol. The van der Waals surface area contributed by atoms with Gasteiger partial charge >= 0.3 is 0 Å². The maximum absolute atomic E-state index is 11.1. The summed E-state index contributed by atoms with van der Waals surface area (Å²) in [5.41, 5.74) is 7.47. The standard InChI is InChI=1S/C17H26N4O.ClH/c1-17(6-7-19-12-17)13-20-8-10-21(11-9-20)15-4-2-14(3-5-15)16(18)22;/h2-5,19H,6-13H2,1H3,(H2,18,22);1H. The number of nitrogens with zero attached hydrogens (tertiary/aromatic N) is 2. The van der Waals surface area contributed by atoms with Crippen molar-refractivity contribution < 1.29 is 4.79 Å². The van der Waals surface area contributed by atoms with Crippen LogP contribution >= 0.6 is 12.4 Å². The molecule has 5 nitrogen and oxygen atoms in total. The van der Waals surface area contributed by atoms with E-state index in [0.717, 1.165) is 39.3 Å². The smallest absolute Gasteiger partial charge is 0.248 e. The van der Waals surface area contributed by atoms with Crippen molar-refractivity contribution in [2.75, 3.05) is 50.7 Å². The van der Waals surface area contributed by atoms with Crippen LogP contribution in [0.5, 0.6) is 0 Å². The highest BCUT2D eigenvalue weighted by molar-refractivity contribution is 5.93. The van der Waals surface area contributed by atoms with Crippen molar-refractivity contribution in [1.29, 1.82) is 0 Å². The van der Waals surface area contributed by atoms with Crippen molar-refractivity contribution in [2.24, 2.45) is 11.1 Å². The molecule has 0 bridgehead atoms. The van der Waals surface area contributed by atoms with Crippen molar-refractivity contribution in [2.45, 2.75) is 13.3 Å². The van der Waals surface area contributed by atoms with E-state index >= 15 is 0 Å². The summed E-state index contributed by atoms with van der Waals surface area (Å²) in [6, 6.07) is 7.63. The first-order valence-corrected chi connectivity index (χ1v) is 8.14. The molecule has 6 heteroatoms. The second kappa shape index (κ2) is 7.51. The number of piperazine rings is 1. The van der Waals surface area contributed by atoms with E-state index in [4.69, 9.17) is 5.73 Å². The van der Waals surface area contributed by atoms with Crippen molar-refractivity contribution >= 4 is 24.0 Å². The highest BCUT2D eigenvalue weighted by atomic mass is 35.5. The number of benzene rings is 1. The zero-order valence-electron chi connectivity index (χ0n) is 13.8. The van der Waals surface area contributed by atoms with Crippen LogP contribution in [0.3, 0.4) is 0 Å². The van der Waals surface area contributed by atoms with Gasteiger partial charge in [-0.15, -0.1) is 12.4 Å². The predicted octanol–water partition coefficient (Wildman–Crippen LogP) is 1.33. The van der Waals surface area contributed by atoms with E-state index in [9.17, 15) is 4.79 Å². The lowest BCUT2D eigenvalue weighted by Crippen LogP contribution is -2.49.